The van der Waals surface area contributed by atoms with Crippen LogP contribution in [0.1, 0.15) is 23.0 Å². The molecule has 5 nitrogen and oxygen atoms in total. The topological polar surface area (TPSA) is 82.2 Å². The van der Waals surface area contributed by atoms with Crippen molar-refractivity contribution in [1.82, 2.24) is 10.3 Å². The molecule has 0 spiro atoms. The van der Waals surface area contributed by atoms with Crippen LogP contribution in [0.25, 0.3) is 21.7 Å². The van der Waals surface area contributed by atoms with Gasteiger partial charge in [0.25, 0.3) is 5.91 Å². The number of amides is 1. The van der Waals surface area contributed by atoms with Crippen LogP contribution < -0.4 is 5.32 Å². The zero-order valence-corrected chi connectivity index (χ0v) is 15.7. The van der Waals surface area contributed by atoms with Gasteiger partial charge >= 0.3 is 5.97 Å². The Morgan fingerprint density at radius 1 is 1.03 bits per heavy atom. The smallest absolute Gasteiger partial charge is 0.329 e. The predicted molar refractivity (Wildman–Crippen MR) is 109 cm³/mol. The van der Waals surface area contributed by atoms with Crippen molar-refractivity contribution in [3.8, 4) is 0 Å². The van der Waals surface area contributed by atoms with Crippen molar-refractivity contribution in [1.29, 1.82) is 0 Å². The quantitative estimate of drug-likeness (QED) is 0.476. The second-order valence-corrected chi connectivity index (χ2v) is 7.33. The number of carboxylic acid groups (broad SMARTS) is 1. The summed E-state index contributed by atoms with van der Waals surface area (Å²) in [6.07, 6.45) is 0.0253. The highest BCUT2D eigenvalue weighted by atomic mass is 19.1. The molecule has 4 aromatic rings. The summed E-state index contributed by atoms with van der Waals surface area (Å²) >= 11 is 0. The third-order valence-electron chi connectivity index (χ3n) is 5.11. The first-order chi connectivity index (χ1) is 13.9. The maximum Gasteiger partial charge on any atom is 0.329 e. The molecule has 0 saturated carbocycles. The number of hydrogen-bond donors (Lipinski definition) is 3. The van der Waals surface area contributed by atoms with E-state index in [2.05, 4.69) is 10.3 Å². The molecule has 1 unspecified atom stereocenters. The first-order valence-electron chi connectivity index (χ1n) is 9.16. The number of nitrogens with one attached hydrogen (secondary N) is 2. The summed E-state index contributed by atoms with van der Waals surface area (Å²) in [6.45, 7) is 1.44. The number of rotatable bonds is 5. The third-order valence-corrected chi connectivity index (χ3v) is 5.11. The molecule has 6 heteroatoms. The number of aliphatic carboxylic acids is 1. The number of aromatic amines is 1. The summed E-state index contributed by atoms with van der Waals surface area (Å²) in [6, 6.07) is 19.0. The van der Waals surface area contributed by atoms with Gasteiger partial charge in [-0.2, -0.15) is 0 Å². The summed E-state index contributed by atoms with van der Waals surface area (Å²) < 4.78 is 13.1. The van der Waals surface area contributed by atoms with E-state index in [4.69, 9.17) is 0 Å². The number of hydrogen-bond acceptors (Lipinski definition) is 2. The van der Waals surface area contributed by atoms with E-state index in [1.165, 1.54) is 31.2 Å². The molecule has 29 heavy (non-hydrogen) atoms. The Morgan fingerprint density at radius 3 is 2.48 bits per heavy atom. The van der Waals surface area contributed by atoms with Gasteiger partial charge in [0.05, 0.1) is 0 Å². The Labute approximate surface area is 166 Å². The molecule has 0 aliphatic carbocycles. The molecule has 3 aromatic carbocycles. The van der Waals surface area contributed by atoms with Gasteiger partial charge in [0.1, 0.15) is 17.1 Å². The van der Waals surface area contributed by atoms with Crippen molar-refractivity contribution in [3.05, 3.63) is 83.8 Å². The molecule has 0 fully saturated rings. The molecule has 0 radical (unpaired) electrons. The minimum Gasteiger partial charge on any atom is -0.480 e. The minimum absolute atomic E-state index is 0.0253. The van der Waals surface area contributed by atoms with E-state index in [0.29, 0.717) is 5.56 Å². The van der Waals surface area contributed by atoms with Crippen LogP contribution in [0.3, 0.4) is 0 Å². The Morgan fingerprint density at radius 2 is 1.76 bits per heavy atom. The van der Waals surface area contributed by atoms with Crippen molar-refractivity contribution in [2.24, 2.45) is 0 Å². The third kappa shape index (κ3) is 3.57. The van der Waals surface area contributed by atoms with Gasteiger partial charge in [-0.1, -0.05) is 42.5 Å². The van der Waals surface area contributed by atoms with Gasteiger partial charge in [0, 0.05) is 17.3 Å². The second kappa shape index (κ2) is 7.05. The van der Waals surface area contributed by atoms with Gasteiger partial charge in [-0.3, -0.25) is 4.79 Å². The lowest BCUT2D eigenvalue weighted by molar-refractivity contribution is -0.143. The molecule has 4 rings (SSSR count). The van der Waals surface area contributed by atoms with Gasteiger partial charge in [0.2, 0.25) is 0 Å². The number of benzene rings is 3. The van der Waals surface area contributed by atoms with Gasteiger partial charge in [-0.05, 0) is 47.5 Å². The molecule has 0 saturated heterocycles. The summed E-state index contributed by atoms with van der Waals surface area (Å²) in [5.41, 5.74) is 0.139. The maximum absolute atomic E-state index is 13.1. The fourth-order valence-corrected chi connectivity index (χ4v) is 3.51. The summed E-state index contributed by atoms with van der Waals surface area (Å²) in [5, 5.41) is 15.3. The fraction of sp³-hybridized carbons (Fsp3) is 0.130. The second-order valence-electron chi connectivity index (χ2n) is 7.33. The van der Waals surface area contributed by atoms with Crippen molar-refractivity contribution in [2.75, 3.05) is 0 Å². The number of carboxylic acids is 1. The zero-order valence-electron chi connectivity index (χ0n) is 15.7. The highest BCUT2D eigenvalue weighted by Gasteiger charge is 2.35. The average Bonchev–Trinajstić information content (AvgIpc) is 3.15. The molecule has 146 valence electrons. The lowest BCUT2D eigenvalue weighted by Crippen LogP contribution is -2.53. The monoisotopic (exact) mass is 390 g/mol. The van der Waals surface area contributed by atoms with Crippen molar-refractivity contribution in [2.45, 2.75) is 18.9 Å². The first-order valence-corrected chi connectivity index (χ1v) is 9.16. The van der Waals surface area contributed by atoms with Crippen LogP contribution >= 0.6 is 0 Å². The largest absolute Gasteiger partial charge is 0.480 e. The van der Waals surface area contributed by atoms with E-state index in [-0.39, 0.29) is 12.1 Å². The van der Waals surface area contributed by atoms with Crippen LogP contribution in [0.5, 0.6) is 0 Å². The van der Waals surface area contributed by atoms with E-state index in [1.54, 1.807) is 6.07 Å². The van der Waals surface area contributed by atoms with Gasteiger partial charge in [-0.15, -0.1) is 0 Å². The highest BCUT2D eigenvalue weighted by Crippen LogP contribution is 2.26. The molecule has 0 bridgehead atoms. The molecular formula is C23H19FN2O3. The zero-order chi connectivity index (χ0) is 20.6. The standard InChI is InChI=1S/C23H19FN2O3/c1-23(22(28)29,13-14-6-9-16(24)10-7-14)26-21(27)20-12-18-17-5-3-2-4-15(17)8-11-19(18)25-20/h2-12,25H,13H2,1H3,(H,26,27)(H,28,29). The van der Waals surface area contributed by atoms with Crippen LogP contribution in [-0.2, 0) is 11.2 Å². The SMILES string of the molecule is CC(Cc1ccc(F)cc1)(NC(=O)c1cc2c(ccc3ccccc32)[nH]1)C(=O)O. The lowest BCUT2D eigenvalue weighted by atomic mass is 9.92. The lowest BCUT2D eigenvalue weighted by Gasteiger charge is -2.26. The molecular weight excluding hydrogens is 371 g/mol. The number of carbonyl (C=O) groups excluding carboxylic acids is 1. The van der Waals surface area contributed by atoms with Crippen molar-refractivity contribution >= 4 is 33.6 Å². The number of fused-ring (bicyclic) bond motifs is 3. The highest BCUT2D eigenvalue weighted by molar-refractivity contribution is 6.10. The van der Waals surface area contributed by atoms with Crippen LogP contribution in [0.4, 0.5) is 4.39 Å². The van der Waals surface area contributed by atoms with Crippen LogP contribution in [-0.4, -0.2) is 27.5 Å². The van der Waals surface area contributed by atoms with Gasteiger partial charge in [0.15, 0.2) is 0 Å². The Kier molecular flexibility index (Phi) is 4.54. The molecule has 1 heterocycles. The minimum atomic E-state index is -1.55. The number of carbonyl (C=O) groups is 2. The van der Waals surface area contributed by atoms with Crippen LogP contribution in [0, 0.1) is 5.82 Å². The Bertz CT molecular complexity index is 1230. The number of H-pyrrole nitrogens is 1. The van der Waals surface area contributed by atoms with Crippen LogP contribution in [0.2, 0.25) is 0 Å². The molecule has 0 aliphatic heterocycles. The van der Waals surface area contributed by atoms with Gasteiger partial charge in [-0.25, -0.2) is 9.18 Å². The van der Waals surface area contributed by atoms with Crippen molar-refractivity contribution in [3.63, 3.8) is 0 Å². The fourth-order valence-electron chi connectivity index (χ4n) is 3.51. The molecule has 3 N–H and O–H groups in total. The van der Waals surface area contributed by atoms with Crippen LogP contribution in [0.15, 0.2) is 66.7 Å². The Hall–Kier alpha value is -3.67. The van der Waals surface area contributed by atoms with Crippen molar-refractivity contribution < 1.29 is 19.1 Å². The van der Waals surface area contributed by atoms with E-state index in [9.17, 15) is 19.1 Å². The van der Waals surface area contributed by atoms with E-state index in [0.717, 1.165) is 21.7 Å². The molecule has 1 aromatic heterocycles. The molecule has 0 aliphatic rings. The summed E-state index contributed by atoms with van der Waals surface area (Å²) in [7, 11) is 0. The Balaban J connectivity index is 1.64. The first kappa shape index (κ1) is 18.7. The number of halogens is 1. The molecule has 1 atom stereocenters. The summed E-state index contributed by atoms with van der Waals surface area (Å²) in [4.78, 5) is 27.8. The number of aromatic nitrogens is 1. The normalized spacial score (nSPS) is 13.3. The van der Waals surface area contributed by atoms with Gasteiger partial charge < -0.3 is 15.4 Å². The van der Waals surface area contributed by atoms with E-state index < -0.39 is 23.2 Å². The maximum atomic E-state index is 13.1. The predicted octanol–water partition coefficient (Wildman–Crippen LogP) is 4.28. The molecule has 1 amide bonds. The van der Waals surface area contributed by atoms with E-state index in [1.807, 2.05) is 36.4 Å². The average molecular weight is 390 g/mol. The van der Waals surface area contributed by atoms with E-state index >= 15 is 0 Å². The summed E-state index contributed by atoms with van der Waals surface area (Å²) in [5.74, 6) is -2.09.